The lowest BCUT2D eigenvalue weighted by molar-refractivity contribution is -0.138. The van der Waals surface area contributed by atoms with Gasteiger partial charge >= 0.3 is 6.18 Å². The molecule has 136 valence electrons. The van der Waals surface area contributed by atoms with Crippen molar-refractivity contribution >= 4 is 12.4 Å². The average Bonchev–Trinajstić information content (AvgIpc) is 2.91. The monoisotopic (exact) mass is 373 g/mol. The molecular weight excluding hydrogens is 356 g/mol. The molecule has 1 aliphatic carbocycles. The fourth-order valence-electron chi connectivity index (χ4n) is 3.93. The minimum absolute atomic E-state index is 0. The van der Waals surface area contributed by atoms with Crippen molar-refractivity contribution in [2.75, 3.05) is 13.1 Å². The largest absolute Gasteiger partial charge is 0.416 e. The number of alkyl halides is 5. The Balaban J connectivity index is 0.00000208. The van der Waals surface area contributed by atoms with Crippen LogP contribution in [-0.4, -0.2) is 19.0 Å². The molecule has 1 N–H and O–H groups in total. The molecule has 1 heterocycles. The van der Waals surface area contributed by atoms with Crippen LogP contribution in [0.15, 0.2) is 18.2 Å². The Morgan fingerprint density at radius 1 is 1.12 bits per heavy atom. The summed E-state index contributed by atoms with van der Waals surface area (Å²) in [6.07, 6.45) is -4.12. The third-order valence-corrected chi connectivity index (χ3v) is 5.26. The van der Waals surface area contributed by atoms with Gasteiger partial charge in [0.25, 0.3) is 5.92 Å². The van der Waals surface area contributed by atoms with Crippen molar-refractivity contribution in [3.05, 3.63) is 35.1 Å². The summed E-state index contributed by atoms with van der Waals surface area (Å²) in [4.78, 5) is 0. The maximum absolute atomic E-state index is 14.1. The molecule has 0 amide bonds. The normalized spacial score (nSPS) is 24.5. The van der Waals surface area contributed by atoms with Crippen LogP contribution in [-0.2, 0) is 12.6 Å². The number of benzene rings is 1. The molecule has 1 unspecified atom stereocenters. The van der Waals surface area contributed by atoms with Crippen molar-refractivity contribution in [1.29, 1.82) is 0 Å². The quantitative estimate of drug-likeness (QED) is 0.748. The maximum atomic E-state index is 14.1. The highest BCUT2D eigenvalue weighted by molar-refractivity contribution is 5.85. The summed E-state index contributed by atoms with van der Waals surface area (Å²) in [5.74, 6) is -4.68. The number of nitrogens with one attached hydrogen (secondary N) is 1. The molecule has 2 fully saturated rings. The van der Waals surface area contributed by atoms with Crippen LogP contribution in [0.3, 0.4) is 0 Å². The molecule has 1 saturated heterocycles. The van der Waals surface area contributed by atoms with Crippen LogP contribution < -0.4 is 5.32 Å². The Hall–Kier alpha value is -0.950. The summed E-state index contributed by atoms with van der Waals surface area (Å²) >= 11 is 0. The maximum Gasteiger partial charge on any atom is 0.416 e. The number of halogens is 7. The molecule has 0 bridgehead atoms. The standard InChI is InChI=1S/C16H17F6N.ClH/c17-11-3-1-10(12(9-11)16(20,21)22)2-4-13-14(15(13,18)19)5-7-23-8-6-14;/h1,3,9,13,23H,2,4-8H2;1H. The third-order valence-electron chi connectivity index (χ3n) is 5.26. The molecule has 3 rings (SSSR count). The van der Waals surface area contributed by atoms with Crippen LogP contribution in [0.25, 0.3) is 0 Å². The first-order chi connectivity index (χ1) is 10.7. The van der Waals surface area contributed by atoms with Gasteiger partial charge in [-0.05, 0) is 56.5 Å². The molecule has 1 nitrogen and oxygen atoms in total. The van der Waals surface area contributed by atoms with Gasteiger partial charge in [-0.2, -0.15) is 13.2 Å². The molecule has 1 saturated carbocycles. The smallest absolute Gasteiger partial charge is 0.317 e. The van der Waals surface area contributed by atoms with E-state index >= 15 is 0 Å². The first-order valence-corrected chi connectivity index (χ1v) is 7.63. The number of aryl methyl sites for hydroxylation is 1. The van der Waals surface area contributed by atoms with E-state index in [1.807, 2.05) is 0 Å². The Morgan fingerprint density at radius 2 is 1.75 bits per heavy atom. The van der Waals surface area contributed by atoms with Gasteiger partial charge in [-0.1, -0.05) is 6.07 Å². The van der Waals surface area contributed by atoms with E-state index in [-0.39, 0.29) is 30.8 Å². The van der Waals surface area contributed by atoms with E-state index in [1.54, 1.807) is 0 Å². The molecule has 1 aliphatic heterocycles. The highest BCUT2D eigenvalue weighted by Crippen LogP contribution is 2.71. The van der Waals surface area contributed by atoms with Crippen LogP contribution in [0.1, 0.15) is 30.4 Å². The van der Waals surface area contributed by atoms with Gasteiger partial charge in [-0.15, -0.1) is 12.4 Å². The lowest BCUT2D eigenvalue weighted by Crippen LogP contribution is -2.32. The van der Waals surface area contributed by atoms with Crippen LogP contribution in [0.2, 0.25) is 0 Å². The van der Waals surface area contributed by atoms with Crippen molar-refractivity contribution in [1.82, 2.24) is 5.32 Å². The molecule has 0 radical (unpaired) electrons. The second kappa shape index (κ2) is 6.41. The van der Waals surface area contributed by atoms with Gasteiger partial charge in [0, 0.05) is 11.3 Å². The van der Waals surface area contributed by atoms with Crippen molar-refractivity contribution in [3.63, 3.8) is 0 Å². The van der Waals surface area contributed by atoms with E-state index in [0.717, 1.165) is 12.1 Å². The number of hydrogen-bond acceptors (Lipinski definition) is 1. The lowest BCUT2D eigenvalue weighted by atomic mass is 9.89. The summed E-state index contributed by atoms with van der Waals surface area (Å²) in [5, 5.41) is 3.02. The van der Waals surface area contributed by atoms with E-state index in [0.29, 0.717) is 32.0 Å². The highest BCUT2D eigenvalue weighted by Gasteiger charge is 2.78. The molecular formula is C16H18ClF6N. The van der Waals surface area contributed by atoms with Gasteiger partial charge in [0.2, 0.25) is 0 Å². The summed E-state index contributed by atoms with van der Waals surface area (Å²) in [6, 6.07) is 2.42. The van der Waals surface area contributed by atoms with Crippen molar-refractivity contribution in [2.24, 2.45) is 11.3 Å². The van der Waals surface area contributed by atoms with Crippen LogP contribution in [0.5, 0.6) is 0 Å². The summed E-state index contributed by atoms with van der Waals surface area (Å²) in [5.41, 5.74) is -2.25. The minimum atomic E-state index is -4.68. The predicted molar refractivity (Wildman–Crippen MR) is 79.9 cm³/mol. The molecule has 24 heavy (non-hydrogen) atoms. The van der Waals surface area contributed by atoms with Gasteiger partial charge in [0.1, 0.15) is 5.82 Å². The van der Waals surface area contributed by atoms with Crippen LogP contribution in [0, 0.1) is 17.2 Å². The fourth-order valence-corrected chi connectivity index (χ4v) is 3.93. The first-order valence-electron chi connectivity index (χ1n) is 7.63. The summed E-state index contributed by atoms with van der Waals surface area (Å²) in [6.45, 7) is 1.02. The van der Waals surface area contributed by atoms with E-state index in [1.165, 1.54) is 0 Å². The highest BCUT2D eigenvalue weighted by atomic mass is 35.5. The minimum Gasteiger partial charge on any atom is -0.317 e. The molecule has 1 atom stereocenters. The Morgan fingerprint density at radius 3 is 2.33 bits per heavy atom. The van der Waals surface area contributed by atoms with Gasteiger partial charge in [0.15, 0.2) is 0 Å². The van der Waals surface area contributed by atoms with Crippen LogP contribution in [0.4, 0.5) is 26.3 Å². The average molecular weight is 374 g/mol. The fraction of sp³-hybridized carbons (Fsp3) is 0.625. The van der Waals surface area contributed by atoms with E-state index in [2.05, 4.69) is 5.32 Å². The zero-order valence-electron chi connectivity index (χ0n) is 12.7. The van der Waals surface area contributed by atoms with Gasteiger partial charge < -0.3 is 5.32 Å². The Kier molecular flexibility index (Phi) is 5.17. The van der Waals surface area contributed by atoms with Crippen LogP contribution >= 0.6 is 12.4 Å². The van der Waals surface area contributed by atoms with Crippen molar-refractivity contribution in [3.8, 4) is 0 Å². The van der Waals surface area contributed by atoms with Gasteiger partial charge in [-0.25, -0.2) is 13.2 Å². The second-order valence-corrected chi connectivity index (χ2v) is 6.42. The molecule has 8 heteroatoms. The van der Waals surface area contributed by atoms with E-state index in [9.17, 15) is 26.3 Å². The number of rotatable bonds is 3. The van der Waals surface area contributed by atoms with Crippen molar-refractivity contribution in [2.45, 2.75) is 37.8 Å². The third kappa shape index (κ3) is 3.12. The first kappa shape index (κ1) is 19.4. The zero-order valence-corrected chi connectivity index (χ0v) is 13.5. The second-order valence-electron chi connectivity index (χ2n) is 6.42. The van der Waals surface area contributed by atoms with Crippen molar-refractivity contribution < 1.29 is 26.3 Å². The SMILES string of the molecule is Cl.Fc1ccc(CCC2C(F)(F)C23CCNCC3)c(C(F)(F)F)c1. The predicted octanol–water partition coefficient (Wildman–Crippen LogP) is 4.83. The summed E-state index contributed by atoms with van der Waals surface area (Å²) in [7, 11) is 0. The van der Waals surface area contributed by atoms with E-state index in [4.69, 9.17) is 0 Å². The molecule has 2 aliphatic rings. The molecule has 1 aromatic carbocycles. The number of piperidine rings is 1. The van der Waals surface area contributed by atoms with E-state index < -0.39 is 34.8 Å². The van der Waals surface area contributed by atoms with Gasteiger partial charge in [-0.3, -0.25) is 0 Å². The lowest BCUT2D eigenvalue weighted by Gasteiger charge is -2.23. The summed E-state index contributed by atoms with van der Waals surface area (Å²) < 4.78 is 80.2. The van der Waals surface area contributed by atoms with Gasteiger partial charge in [0.05, 0.1) is 5.56 Å². The molecule has 0 aromatic heterocycles. The molecule has 1 spiro atoms. The topological polar surface area (TPSA) is 12.0 Å². The number of hydrogen-bond donors (Lipinski definition) is 1. The zero-order chi connectivity index (χ0) is 16.9. The Labute approximate surface area is 142 Å². The Bertz CT molecular complexity index is 595. The molecule has 1 aromatic rings.